The zero-order valence-electron chi connectivity index (χ0n) is 12.5. The van der Waals surface area contributed by atoms with E-state index in [1.165, 1.54) is 0 Å². The maximum atomic E-state index is 11.9. The summed E-state index contributed by atoms with van der Waals surface area (Å²) in [5, 5.41) is 14.8. The van der Waals surface area contributed by atoms with Crippen LogP contribution in [0.3, 0.4) is 0 Å². The second-order valence-electron chi connectivity index (χ2n) is 4.71. The predicted molar refractivity (Wildman–Crippen MR) is 84.7 cm³/mol. The molecular formula is C16H17N3O2S. The summed E-state index contributed by atoms with van der Waals surface area (Å²) < 4.78 is 5.40. The molecule has 0 saturated heterocycles. The molecule has 5 nitrogen and oxygen atoms in total. The summed E-state index contributed by atoms with van der Waals surface area (Å²) in [4.78, 5) is 16.4. The number of para-hydroxylation sites is 1. The molecule has 0 saturated carbocycles. The third-order valence-electron chi connectivity index (χ3n) is 3.06. The molecule has 1 aromatic heterocycles. The maximum Gasteiger partial charge on any atom is 0.258 e. The Hall–Kier alpha value is -2.39. The van der Waals surface area contributed by atoms with Crippen molar-refractivity contribution in [2.24, 2.45) is 0 Å². The lowest BCUT2D eigenvalue weighted by Gasteiger charge is -2.12. The van der Waals surface area contributed by atoms with Gasteiger partial charge in [0.05, 0.1) is 22.3 Å². The fourth-order valence-electron chi connectivity index (χ4n) is 1.87. The van der Waals surface area contributed by atoms with E-state index in [4.69, 9.17) is 10.00 Å². The van der Waals surface area contributed by atoms with Crippen molar-refractivity contribution in [1.29, 1.82) is 5.26 Å². The first-order chi connectivity index (χ1) is 10.6. The first-order valence-electron chi connectivity index (χ1n) is 6.99. The Kier molecular flexibility index (Phi) is 5.50. The minimum Gasteiger partial charge on any atom is -0.482 e. The van der Waals surface area contributed by atoms with Crippen LogP contribution < -0.4 is 10.1 Å². The molecule has 2 aromatic rings. The van der Waals surface area contributed by atoms with Gasteiger partial charge in [0.25, 0.3) is 5.91 Å². The molecule has 0 aliphatic heterocycles. The Morgan fingerprint density at radius 3 is 2.95 bits per heavy atom. The van der Waals surface area contributed by atoms with Gasteiger partial charge in [-0.05, 0) is 25.5 Å². The number of nitriles is 1. The van der Waals surface area contributed by atoms with E-state index in [0.717, 1.165) is 17.1 Å². The van der Waals surface area contributed by atoms with Crippen LogP contribution in [0.15, 0.2) is 29.6 Å². The fraction of sp³-hybridized carbons (Fsp3) is 0.312. The van der Waals surface area contributed by atoms with Crippen LogP contribution in [0.5, 0.6) is 5.75 Å². The maximum absolute atomic E-state index is 11.9. The monoisotopic (exact) mass is 315 g/mol. The Labute approximate surface area is 133 Å². The Morgan fingerprint density at radius 2 is 2.27 bits per heavy atom. The zero-order valence-corrected chi connectivity index (χ0v) is 13.3. The van der Waals surface area contributed by atoms with E-state index in [-0.39, 0.29) is 18.6 Å². The van der Waals surface area contributed by atoms with Crippen LogP contribution in [0.1, 0.15) is 36.2 Å². The number of carbonyl (C=O) groups excluding carboxylic acids is 1. The zero-order chi connectivity index (χ0) is 15.9. The van der Waals surface area contributed by atoms with Crippen molar-refractivity contribution in [2.45, 2.75) is 26.3 Å². The summed E-state index contributed by atoms with van der Waals surface area (Å²) in [5.41, 5.74) is 1.27. The van der Waals surface area contributed by atoms with Crippen LogP contribution in [0.25, 0.3) is 0 Å². The third-order valence-corrected chi connectivity index (χ3v) is 4.07. The van der Waals surface area contributed by atoms with Crippen molar-refractivity contribution >= 4 is 17.2 Å². The normalized spacial score (nSPS) is 11.5. The first kappa shape index (κ1) is 16.0. The molecule has 0 bridgehead atoms. The predicted octanol–water partition coefficient (Wildman–Crippen LogP) is 2.83. The van der Waals surface area contributed by atoms with E-state index < -0.39 is 0 Å². The number of nitrogens with zero attached hydrogens (tertiary/aromatic N) is 2. The van der Waals surface area contributed by atoms with Crippen molar-refractivity contribution in [2.75, 3.05) is 6.61 Å². The van der Waals surface area contributed by atoms with E-state index in [9.17, 15) is 4.79 Å². The Morgan fingerprint density at radius 1 is 1.50 bits per heavy atom. The second kappa shape index (κ2) is 7.57. The van der Waals surface area contributed by atoms with Crippen LogP contribution in [-0.2, 0) is 11.2 Å². The highest BCUT2D eigenvalue weighted by Gasteiger charge is 2.13. The van der Waals surface area contributed by atoms with Crippen LogP contribution >= 0.6 is 11.3 Å². The van der Waals surface area contributed by atoms with Crippen molar-refractivity contribution in [3.63, 3.8) is 0 Å². The molecule has 0 fully saturated rings. The molecule has 0 aliphatic rings. The molecule has 1 atom stereocenters. The molecule has 114 valence electrons. The lowest BCUT2D eigenvalue weighted by atomic mass is 10.2. The number of aromatic nitrogens is 1. The van der Waals surface area contributed by atoms with Gasteiger partial charge in [0, 0.05) is 5.38 Å². The largest absolute Gasteiger partial charge is 0.482 e. The average molecular weight is 315 g/mol. The van der Waals surface area contributed by atoms with Gasteiger partial charge in [-0.1, -0.05) is 19.1 Å². The highest BCUT2D eigenvalue weighted by atomic mass is 32.1. The number of thiazole rings is 1. The van der Waals surface area contributed by atoms with E-state index in [2.05, 4.69) is 10.3 Å². The summed E-state index contributed by atoms with van der Waals surface area (Å²) in [5.74, 6) is 0.168. The van der Waals surface area contributed by atoms with Gasteiger partial charge in [-0.15, -0.1) is 11.3 Å². The molecule has 1 N–H and O–H groups in total. The highest BCUT2D eigenvalue weighted by Crippen LogP contribution is 2.18. The van der Waals surface area contributed by atoms with Crippen LogP contribution in [-0.4, -0.2) is 17.5 Å². The molecule has 1 heterocycles. The Bertz CT molecular complexity index is 691. The number of carbonyl (C=O) groups is 1. The number of rotatable bonds is 6. The lowest BCUT2D eigenvalue weighted by molar-refractivity contribution is -0.123. The van der Waals surface area contributed by atoms with Gasteiger partial charge >= 0.3 is 0 Å². The van der Waals surface area contributed by atoms with Crippen LogP contribution in [0.2, 0.25) is 0 Å². The van der Waals surface area contributed by atoms with Crippen LogP contribution in [0, 0.1) is 11.3 Å². The first-order valence-corrected chi connectivity index (χ1v) is 7.87. The average Bonchev–Trinajstić information content (AvgIpc) is 3.02. The minimum atomic E-state index is -0.244. The molecule has 6 heteroatoms. The summed E-state index contributed by atoms with van der Waals surface area (Å²) in [6.45, 7) is 3.80. The van der Waals surface area contributed by atoms with E-state index in [0.29, 0.717) is 11.3 Å². The number of nitrogens with one attached hydrogen (secondary N) is 1. The van der Waals surface area contributed by atoms with E-state index >= 15 is 0 Å². The number of hydrogen-bond donors (Lipinski definition) is 1. The van der Waals surface area contributed by atoms with E-state index in [1.807, 2.05) is 25.3 Å². The summed E-state index contributed by atoms with van der Waals surface area (Å²) >= 11 is 1.59. The number of hydrogen-bond acceptors (Lipinski definition) is 5. The third kappa shape index (κ3) is 4.06. The topological polar surface area (TPSA) is 75.0 Å². The van der Waals surface area contributed by atoms with Gasteiger partial charge in [0.2, 0.25) is 0 Å². The second-order valence-corrected chi connectivity index (χ2v) is 5.65. The number of benzene rings is 1. The van der Waals surface area contributed by atoms with E-state index in [1.54, 1.807) is 35.6 Å². The summed E-state index contributed by atoms with van der Waals surface area (Å²) in [7, 11) is 0. The van der Waals surface area contributed by atoms with Gasteiger partial charge in [-0.3, -0.25) is 4.79 Å². The van der Waals surface area contributed by atoms with Gasteiger partial charge in [-0.25, -0.2) is 4.98 Å². The van der Waals surface area contributed by atoms with Gasteiger partial charge in [0.1, 0.15) is 11.8 Å². The SMILES string of the molecule is CCc1nc(C(C)NC(=O)COc2ccccc2C#N)cs1. The summed E-state index contributed by atoms with van der Waals surface area (Å²) in [6.07, 6.45) is 0.888. The molecule has 2 rings (SSSR count). The van der Waals surface area contributed by atoms with Gasteiger partial charge in [-0.2, -0.15) is 5.26 Å². The molecular weight excluding hydrogens is 298 g/mol. The number of aryl methyl sites for hydroxylation is 1. The number of ether oxygens (including phenoxy) is 1. The molecule has 0 spiro atoms. The van der Waals surface area contributed by atoms with Crippen molar-refractivity contribution in [3.8, 4) is 11.8 Å². The minimum absolute atomic E-state index is 0.131. The molecule has 1 aromatic carbocycles. The van der Waals surface area contributed by atoms with Crippen molar-refractivity contribution in [1.82, 2.24) is 10.3 Å². The van der Waals surface area contributed by atoms with Crippen molar-refractivity contribution in [3.05, 3.63) is 45.9 Å². The molecule has 0 radical (unpaired) electrons. The number of amides is 1. The smallest absolute Gasteiger partial charge is 0.258 e. The molecule has 1 unspecified atom stereocenters. The fourth-order valence-corrected chi connectivity index (χ4v) is 2.71. The summed E-state index contributed by atoms with van der Waals surface area (Å²) in [6, 6.07) is 8.70. The Balaban J connectivity index is 1.89. The molecule has 22 heavy (non-hydrogen) atoms. The van der Waals surface area contributed by atoms with Gasteiger partial charge in [0.15, 0.2) is 6.61 Å². The van der Waals surface area contributed by atoms with Gasteiger partial charge < -0.3 is 10.1 Å². The highest BCUT2D eigenvalue weighted by molar-refractivity contribution is 7.09. The van der Waals surface area contributed by atoms with Crippen molar-refractivity contribution < 1.29 is 9.53 Å². The molecule has 1 amide bonds. The standard InChI is InChI=1S/C16H17N3O2S/c1-3-16-19-13(10-22-16)11(2)18-15(20)9-21-14-7-5-4-6-12(14)8-17/h4-7,10-11H,3,9H2,1-2H3,(H,18,20). The molecule has 0 aliphatic carbocycles. The quantitative estimate of drug-likeness (QED) is 0.889. The lowest BCUT2D eigenvalue weighted by Crippen LogP contribution is -2.31. The van der Waals surface area contributed by atoms with Crippen LogP contribution in [0.4, 0.5) is 0 Å².